The molecule has 3 unspecified atom stereocenters. The summed E-state index contributed by atoms with van der Waals surface area (Å²) in [4.78, 5) is 0.962. The summed E-state index contributed by atoms with van der Waals surface area (Å²) >= 11 is 0. The van der Waals surface area contributed by atoms with E-state index >= 15 is 0 Å². The van der Waals surface area contributed by atoms with E-state index < -0.39 is 10.8 Å². The Bertz CT molecular complexity index is 361. The van der Waals surface area contributed by atoms with Crippen molar-refractivity contribution < 1.29 is 4.21 Å². The van der Waals surface area contributed by atoms with Crippen molar-refractivity contribution in [3.05, 3.63) is 29.8 Å². The lowest BCUT2D eigenvalue weighted by Crippen LogP contribution is -2.37. The molecule has 3 heteroatoms. The summed E-state index contributed by atoms with van der Waals surface area (Å²) in [5.41, 5.74) is 1.11. The molecule has 90 valence electrons. The van der Waals surface area contributed by atoms with Crippen molar-refractivity contribution >= 4 is 10.8 Å². The van der Waals surface area contributed by atoms with Crippen LogP contribution in [0.1, 0.15) is 25.8 Å². The van der Waals surface area contributed by atoms with E-state index in [0.717, 1.165) is 16.9 Å². The van der Waals surface area contributed by atoms with E-state index in [1.54, 1.807) is 0 Å². The fourth-order valence-electron chi connectivity index (χ4n) is 1.90. The van der Waals surface area contributed by atoms with Gasteiger partial charge in [0.2, 0.25) is 0 Å². The molecule has 0 aliphatic heterocycles. The third kappa shape index (κ3) is 2.92. The van der Waals surface area contributed by atoms with Gasteiger partial charge in [0.25, 0.3) is 0 Å². The lowest BCUT2D eigenvalue weighted by molar-refractivity contribution is 0.529. The summed E-state index contributed by atoms with van der Waals surface area (Å²) in [5, 5.41) is 3.36. The standard InChI is InChI=1S/C13H21NOS/c1-5-12(14-4)11(3)16(15)13-9-7-6-8-10(13)2/h6-9,11-12,14H,5H2,1-4H3. The molecule has 0 heterocycles. The molecule has 1 aromatic rings. The lowest BCUT2D eigenvalue weighted by Gasteiger charge is -2.22. The van der Waals surface area contributed by atoms with E-state index in [2.05, 4.69) is 12.2 Å². The minimum atomic E-state index is -0.932. The molecular formula is C13H21NOS. The van der Waals surface area contributed by atoms with Crippen molar-refractivity contribution in [1.29, 1.82) is 0 Å². The van der Waals surface area contributed by atoms with Gasteiger partial charge >= 0.3 is 0 Å². The number of benzene rings is 1. The summed E-state index contributed by atoms with van der Waals surface area (Å²) in [5.74, 6) is 0. The first kappa shape index (κ1) is 13.4. The van der Waals surface area contributed by atoms with Crippen LogP contribution >= 0.6 is 0 Å². The van der Waals surface area contributed by atoms with Gasteiger partial charge in [-0.3, -0.25) is 4.21 Å². The highest BCUT2D eigenvalue weighted by atomic mass is 32.2. The fourth-order valence-corrected chi connectivity index (χ4v) is 3.53. The Morgan fingerprint density at radius 2 is 2.00 bits per heavy atom. The van der Waals surface area contributed by atoms with Gasteiger partial charge in [-0.15, -0.1) is 0 Å². The first-order valence-electron chi connectivity index (χ1n) is 5.75. The van der Waals surface area contributed by atoms with Crippen LogP contribution in [0.5, 0.6) is 0 Å². The van der Waals surface area contributed by atoms with Gasteiger partial charge < -0.3 is 5.32 Å². The van der Waals surface area contributed by atoms with Gasteiger partial charge in [0, 0.05) is 10.9 Å². The van der Waals surface area contributed by atoms with E-state index in [1.165, 1.54) is 0 Å². The Labute approximate surface area is 101 Å². The van der Waals surface area contributed by atoms with E-state index in [4.69, 9.17) is 0 Å². The maximum Gasteiger partial charge on any atom is 0.0576 e. The van der Waals surface area contributed by atoms with Crippen LogP contribution in [0.3, 0.4) is 0 Å². The van der Waals surface area contributed by atoms with Crippen LogP contribution < -0.4 is 5.32 Å². The Hall–Kier alpha value is -0.670. The smallest absolute Gasteiger partial charge is 0.0576 e. The van der Waals surface area contributed by atoms with Gasteiger partial charge in [0.1, 0.15) is 0 Å². The van der Waals surface area contributed by atoms with Crippen LogP contribution in [0, 0.1) is 6.92 Å². The van der Waals surface area contributed by atoms with E-state index in [9.17, 15) is 4.21 Å². The largest absolute Gasteiger partial charge is 0.316 e. The summed E-state index contributed by atoms with van der Waals surface area (Å²) in [7, 11) is 0.998. The zero-order valence-electron chi connectivity index (χ0n) is 10.5. The molecule has 1 N–H and O–H groups in total. The number of aryl methyl sites for hydroxylation is 1. The average Bonchev–Trinajstić information content (AvgIpc) is 2.30. The Balaban J connectivity index is 2.90. The van der Waals surface area contributed by atoms with E-state index in [1.807, 2.05) is 45.2 Å². The molecule has 1 aromatic carbocycles. The van der Waals surface area contributed by atoms with Gasteiger partial charge in [-0.1, -0.05) is 25.1 Å². The van der Waals surface area contributed by atoms with Crippen LogP contribution in [0.15, 0.2) is 29.2 Å². The van der Waals surface area contributed by atoms with E-state index in [-0.39, 0.29) is 5.25 Å². The van der Waals surface area contributed by atoms with Crippen molar-refractivity contribution in [1.82, 2.24) is 5.32 Å². The second kappa shape index (κ2) is 6.16. The van der Waals surface area contributed by atoms with Crippen LogP contribution in [0.2, 0.25) is 0 Å². The van der Waals surface area contributed by atoms with Crippen molar-refractivity contribution in [2.24, 2.45) is 0 Å². The van der Waals surface area contributed by atoms with E-state index in [0.29, 0.717) is 6.04 Å². The SMILES string of the molecule is CCC(NC)C(C)S(=O)c1ccccc1C. The molecule has 0 radical (unpaired) electrons. The molecule has 1 rings (SSSR count). The average molecular weight is 239 g/mol. The number of hydrogen-bond acceptors (Lipinski definition) is 2. The van der Waals surface area contributed by atoms with Gasteiger partial charge in [-0.05, 0) is 38.9 Å². The highest BCUT2D eigenvalue weighted by Crippen LogP contribution is 2.18. The molecule has 16 heavy (non-hydrogen) atoms. The molecule has 0 saturated carbocycles. The predicted octanol–water partition coefficient (Wildman–Crippen LogP) is 2.49. The normalized spacial score (nSPS) is 16.8. The van der Waals surface area contributed by atoms with Crippen molar-refractivity contribution in [2.45, 2.75) is 43.4 Å². The van der Waals surface area contributed by atoms with Crippen molar-refractivity contribution in [2.75, 3.05) is 7.05 Å². The Kier molecular flexibility index (Phi) is 5.16. The second-order valence-corrected chi connectivity index (χ2v) is 5.85. The maximum atomic E-state index is 12.4. The highest BCUT2D eigenvalue weighted by Gasteiger charge is 2.21. The minimum Gasteiger partial charge on any atom is -0.316 e. The molecule has 3 atom stereocenters. The summed E-state index contributed by atoms with van der Waals surface area (Å²) in [6.45, 7) is 6.18. The van der Waals surface area contributed by atoms with Crippen LogP contribution in [0.25, 0.3) is 0 Å². The third-order valence-electron chi connectivity index (χ3n) is 3.03. The van der Waals surface area contributed by atoms with Gasteiger partial charge in [0.15, 0.2) is 0 Å². The summed E-state index contributed by atoms with van der Waals surface area (Å²) < 4.78 is 12.4. The first-order chi connectivity index (χ1) is 7.61. The quantitative estimate of drug-likeness (QED) is 0.855. The Morgan fingerprint density at radius 1 is 1.38 bits per heavy atom. The van der Waals surface area contributed by atoms with Gasteiger partial charge in [-0.2, -0.15) is 0 Å². The molecule has 0 aliphatic carbocycles. The zero-order chi connectivity index (χ0) is 12.1. The van der Waals surface area contributed by atoms with Crippen LogP contribution in [-0.2, 0) is 10.8 Å². The molecule has 0 aromatic heterocycles. The first-order valence-corrected chi connectivity index (χ1v) is 6.96. The number of nitrogens with one attached hydrogen (secondary N) is 1. The number of rotatable bonds is 5. The second-order valence-electron chi connectivity index (χ2n) is 4.07. The molecule has 0 fully saturated rings. The lowest BCUT2D eigenvalue weighted by atomic mass is 10.2. The molecule has 0 saturated heterocycles. The third-order valence-corrected chi connectivity index (χ3v) is 4.92. The number of hydrogen-bond donors (Lipinski definition) is 1. The van der Waals surface area contributed by atoms with Crippen molar-refractivity contribution in [3.8, 4) is 0 Å². The van der Waals surface area contributed by atoms with Gasteiger partial charge in [-0.25, -0.2) is 0 Å². The molecular weight excluding hydrogens is 218 g/mol. The molecule has 0 spiro atoms. The summed E-state index contributed by atoms with van der Waals surface area (Å²) in [6.07, 6.45) is 0.995. The zero-order valence-corrected chi connectivity index (χ0v) is 11.3. The molecule has 0 aliphatic rings. The maximum absolute atomic E-state index is 12.4. The summed E-state index contributed by atoms with van der Waals surface area (Å²) in [6, 6.07) is 8.22. The van der Waals surface area contributed by atoms with Crippen LogP contribution in [0.4, 0.5) is 0 Å². The topological polar surface area (TPSA) is 29.1 Å². The monoisotopic (exact) mass is 239 g/mol. The Morgan fingerprint density at radius 3 is 2.50 bits per heavy atom. The molecule has 0 bridgehead atoms. The minimum absolute atomic E-state index is 0.135. The fraction of sp³-hybridized carbons (Fsp3) is 0.538. The van der Waals surface area contributed by atoms with Gasteiger partial charge in [0.05, 0.1) is 16.0 Å². The highest BCUT2D eigenvalue weighted by molar-refractivity contribution is 7.85. The van der Waals surface area contributed by atoms with Crippen molar-refractivity contribution in [3.63, 3.8) is 0 Å². The predicted molar refractivity (Wildman–Crippen MR) is 70.2 cm³/mol. The molecule has 0 amide bonds. The van der Waals surface area contributed by atoms with Crippen LogP contribution in [-0.4, -0.2) is 22.5 Å². The molecule has 2 nitrogen and oxygen atoms in total.